The Morgan fingerprint density at radius 1 is 1.29 bits per heavy atom. The lowest BCUT2D eigenvalue weighted by Crippen LogP contribution is -2.58. The number of carbonyl (C=O) groups excluding carboxylic acids is 1. The van der Waals surface area contributed by atoms with Crippen LogP contribution >= 0.6 is 0 Å². The predicted octanol–water partition coefficient (Wildman–Crippen LogP) is 3.20. The van der Waals surface area contributed by atoms with E-state index in [4.69, 9.17) is 15.0 Å². The van der Waals surface area contributed by atoms with Crippen LogP contribution in [0.5, 0.6) is 5.88 Å². The molecule has 0 spiro atoms. The zero-order valence-electron chi connectivity index (χ0n) is 19.4. The van der Waals surface area contributed by atoms with Crippen LogP contribution in [0.25, 0.3) is 16.6 Å². The van der Waals surface area contributed by atoms with E-state index in [-0.39, 0.29) is 18.0 Å². The van der Waals surface area contributed by atoms with Crippen molar-refractivity contribution >= 4 is 28.7 Å². The first kappa shape index (κ1) is 22.1. The summed E-state index contributed by atoms with van der Waals surface area (Å²) in [5.74, 6) is 0.973. The molecule has 11 heteroatoms. The number of benzene rings is 1. The third-order valence-electron chi connectivity index (χ3n) is 6.62. The largest absolute Gasteiger partial charge is 0.479 e. The van der Waals surface area contributed by atoms with E-state index in [9.17, 15) is 4.79 Å². The summed E-state index contributed by atoms with van der Waals surface area (Å²) in [5, 5.41) is 17.6. The Morgan fingerprint density at radius 2 is 2.09 bits per heavy atom. The second-order valence-corrected chi connectivity index (χ2v) is 9.08. The minimum Gasteiger partial charge on any atom is -0.479 e. The fourth-order valence-corrected chi connectivity index (χ4v) is 4.61. The highest BCUT2D eigenvalue weighted by molar-refractivity contribution is 5.87. The molecule has 0 radical (unpaired) electrons. The van der Waals surface area contributed by atoms with E-state index in [0.29, 0.717) is 43.6 Å². The van der Waals surface area contributed by atoms with Gasteiger partial charge in [0.15, 0.2) is 0 Å². The molecule has 34 heavy (non-hydrogen) atoms. The van der Waals surface area contributed by atoms with Gasteiger partial charge >= 0.3 is 0 Å². The summed E-state index contributed by atoms with van der Waals surface area (Å²) in [5.41, 5.74) is 10.8. The number of ether oxygens (including phenoxy) is 2. The lowest BCUT2D eigenvalue weighted by molar-refractivity contribution is -0.139. The Bertz CT molecular complexity index is 1250. The Hall–Kier alpha value is -3.73. The smallest absolute Gasteiger partial charge is 0.244 e. The van der Waals surface area contributed by atoms with Crippen molar-refractivity contribution in [1.29, 1.82) is 5.53 Å². The van der Waals surface area contributed by atoms with Crippen LogP contribution in [-0.4, -0.2) is 60.0 Å². The maximum atomic E-state index is 12.6. The van der Waals surface area contributed by atoms with E-state index in [1.807, 2.05) is 31.3 Å². The number of carbonyl (C=O) groups is 1. The normalized spacial score (nSPS) is 21.9. The number of hydrogen-bond donors (Lipinski definition) is 4. The van der Waals surface area contributed by atoms with Crippen molar-refractivity contribution in [3.05, 3.63) is 30.5 Å². The Kier molecular flexibility index (Phi) is 5.56. The molecule has 11 nitrogen and oxygen atoms in total. The molecule has 1 saturated heterocycles. The summed E-state index contributed by atoms with van der Waals surface area (Å²) in [4.78, 5) is 17.2. The average molecular weight is 465 g/mol. The number of rotatable bonds is 8. The van der Waals surface area contributed by atoms with Gasteiger partial charge in [-0.2, -0.15) is 10.1 Å². The van der Waals surface area contributed by atoms with Crippen molar-refractivity contribution in [3.8, 4) is 17.0 Å². The van der Waals surface area contributed by atoms with Crippen molar-refractivity contribution in [2.24, 2.45) is 10.5 Å². The fraction of sp³-hybridized carbons (Fsp3) is 0.435. The molecule has 2 aliphatic rings. The summed E-state index contributed by atoms with van der Waals surface area (Å²) >= 11 is 0. The Balaban J connectivity index is 1.35. The van der Waals surface area contributed by atoms with E-state index in [1.54, 1.807) is 24.7 Å². The number of anilines is 2. The summed E-state index contributed by atoms with van der Waals surface area (Å²) < 4.78 is 12.5. The van der Waals surface area contributed by atoms with Gasteiger partial charge in [0.25, 0.3) is 0 Å². The lowest BCUT2D eigenvalue weighted by atomic mass is 9.66. The van der Waals surface area contributed by atoms with Gasteiger partial charge in [-0.3, -0.25) is 4.79 Å². The van der Waals surface area contributed by atoms with Gasteiger partial charge in [0.05, 0.1) is 37.5 Å². The zero-order valence-corrected chi connectivity index (χ0v) is 19.4. The standard InChI is InChI=1S/C23H28N8O3/c1-23(21(32)26-15-11-34-12-15)9-14(10-23)27-22-28-20(33-3)19-16(6-7-31(19)30-22)13-4-5-17(29-24)18(8-13)25-2/h4-8,14-15,24-25H,9-12H2,1-3H3,(H,26,32)(H,27,30). The minimum absolute atomic E-state index is 0.0769. The van der Waals surface area contributed by atoms with Gasteiger partial charge in [-0.1, -0.05) is 13.0 Å². The van der Waals surface area contributed by atoms with Crippen LogP contribution in [0, 0.1) is 10.9 Å². The van der Waals surface area contributed by atoms with Crippen LogP contribution in [0.4, 0.5) is 17.3 Å². The highest BCUT2D eigenvalue weighted by Gasteiger charge is 2.47. The van der Waals surface area contributed by atoms with E-state index < -0.39 is 5.41 Å². The number of methoxy groups -OCH3 is 1. The molecule has 178 valence electrons. The SMILES string of the molecule is CNc1cc(-c2ccn3nc(NC4CC(C)(C(=O)NC5COC5)C4)nc(OC)c23)ccc1N=N. The molecule has 2 aromatic heterocycles. The summed E-state index contributed by atoms with van der Waals surface area (Å²) in [6.07, 6.45) is 3.27. The van der Waals surface area contributed by atoms with E-state index in [1.165, 1.54) is 0 Å². The van der Waals surface area contributed by atoms with Crippen molar-refractivity contribution in [1.82, 2.24) is 19.9 Å². The van der Waals surface area contributed by atoms with Crippen molar-refractivity contribution < 1.29 is 14.3 Å². The quantitative estimate of drug-likeness (QED) is 0.376. The molecule has 1 aromatic carbocycles. The first-order valence-corrected chi connectivity index (χ1v) is 11.2. The number of aromatic nitrogens is 3. The topological polar surface area (TPSA) is 138 Å². The number of nitrogens with one attached hydrogen (secondary N) is 4. The van der Waals surface area contributed by atoms with Gasteiger partial charge in [-0.25, -0.2) is 10.0 Å². The van der Waals surface area contributed by atoms with E-state index in [2.05, 4.69) is 31.1 Å². The maximum Gasteiger partial charge on any atom is 0.244 e. The predicted molar refractivity (Wildman–Crippen MR) is 127 cm³/mol. The molecular weight excluding hydrogens is 436 g/mol. The highest BCUT2D eigenvalue weighted by Crippen LogP contribution is 2.42. The minimum atomic E-state index is -0.398. The van der Waals surface area contributed by atoms with Gasteiger partial charge in [-0.15, -0.1) is 5.10 Å². The molecule has 1 aliphatic heterocycles. The molecule has 4 N–H and O–H groups in total. The molecule has 0 unspecified atom stereocenters. The van der Waals surface area contributed by atoms with Crippen LogP contribution in [0.2, 0.25) is 0 Å². The zero-order chi connectivity index (χ0) is 23.9. The Labute approximate surface area is 196 Å². The van der Waals surface area contributed by atoms with Crippen LogP contribution in [0.3, 0.4) is 0 Å². The third-order valence-corrected chi connectivity index (χ3v) is 6.62. The molecule has 3 aromatic rings. The molecule has 5 rings (SSSR count). The number of hydrogen-bond acceptors (Lipinski definition) is 9. The molecule has 1 amide bonds. The second-order valence-electron chi connectivity index (χ2n) is 9.08. The lowest BCUT2D eigenvalue weighted by Gasteiger charge is -2.45. The van der Waals surface area contributed by atoms with E-state index in [0.717, 1.165) is 22.3 Å². The monoisotopic (exact) mass is 464 g/mol. The van der Waals surface area contributed by atoms with Gasteiger partial charge in [0, 0.05) is 24.8 Å². The number of nitrogens with zero attached hydrogens (tertiary/aromatic N) is 4. The first-order chi connectivity index (χ1) is 16.4. The summed E-state index contributed by atoms with van der Waals surface area (Å²) in [6.45, 7) is 3.17. The van der Waals surface area contributed by atoms with Crippen LogP contribution < -0.4 is 20.7 Å². The van der Waals surface area contributed by atoms with Crippen molar-refractivity contribution in [2.75, 3.05) is 38.0 Å². The molecule has 0 bridgehead atoms. The van der Waals surface area contributed by atoms with Gasteiger partial charge in [0.1, 0.15) is 11.2 Å². The summed E-state index contributed by atoms with van der Waals surface area (Å²) in [7, 11) is 3.38. The highest BCUT2D eigenvalue weighted by atomic mass is 16.5. The summed E-state index contributed by atoms with van der Waals surface area (Å²) in [6, 6.07) is 7.83. The Morgan fingerprint density at radius 3 is 2.74 bits per heavy atom. The van der Waals surface area contributed by atoms with Gasteiger partial charge < -0.3 is 25.4 Å². The third kappa shape index (κ3) is 3.81. The fourth-order valence-electron chi connectivity index (χ4n) is 4.61. The molecule has 2 fully saturated rings. The van der Waals surface area contributed by atoms with Crippen LogP contribution in [0.1, 0.15) is 19.8 Å². The first-order valence-electron chi connectivity index (χ1n) is 11.2. The molecule has 1 aliphatic carbocycles. The number of amides is 1. The van der Waals surface area contributed by atoms with Crippen LogP contribution in [-0.2, 0) is 9.53 Å². The molecule has 3 heterocycles. The van der Waals surface area contributed by atoms with Crippen molar-refractivity contribution in [2.45, 2.75) is 31.8 Å². The molecular formula is C23H28N8O3. The van der Waals surface area contributed by atoms with Gasteiger partial charge in [0.2, 0.25) is 17.7 Å². The number of fused-ring (bicyclic) bond motifs is 1. The van der Waals surface area contributed by atoms with Crippen molar-refractivity contribution in [3.63, 3.8) is 0 Å². The molecule has 0 atom stereocenters. The van der Waals surface area contributed by atoms with E-state index >= 15 is 0 Å². The second kappa shape index (κ2) is 8.56. The maximum absolute atomic E-state index is 12.6. The average Bonchev–Trinajstić information content (AvgIpc) is 3.23. The molecule has 1 saturated carbocycles. The van der Waals surface area contributed by atoms with Gasteiger partial charge in [-0.05, 0) is 36.6 Å². The van der Waals surface area contributed by atoms with Crippen LogP contribution in [0.15, 0.2) is 35.6 Å².